The van der Waals surface area contributed by atoms with E-state index >= 15 is 0 Å². The first kappa shape index (κ1) is 9.98. The Morgan fingerprint density at radius 3 is 2.87 bits per heavy atom. The van der Waals surface area contributed by atoms with E-state index < -0.39 is 0 Å². The number of nitrogens with one attached hydrogen (secondary N) is 2. The molecule has 1 aliphatic rings. The van der Waals surface area contributed by atoms with E-state index in [9.17, 15) is 9.90 Å². The Balaban J connectivity index is 2.12. The van der Waals surface area contributed by atoms with Crippen LogP contribution in [0.15, 0.2) is 18.2 Å². The van der Waals surface area contributed by atoms with Crippen molar-refractivity contribution in [3.8, 4) is 5.75 Å². The second-order valence-corrected chi connectivity index (χ2v) is 3.85. The molecule has 1 fully saturated rings. The number of carbonyl (C=O) groups is 1. The standard InChI is InChI=1S/C11H14N2O2/c1-7-2-3-10(14)9(4-7)11(15)13-8-5-12-6-8/h2-4,8,12,14H,5-6H2,1H3,(H,13,15). The summed E-state index contributed by atoms with van der Waals surface area (Å²) in [7, 11) is 0. The summed E-state index contributed by atoms with van der Waals surface area (Å²) in [5.74, 6) is -0.173. The number of benzene rings is 1. The molecule has 0 radical (unpaired) electrons. The Labute approximate surface area is 88.3 Å². The molecule has 0 spiro atoms. The molecule has 0 unspecified atom stereocenters. The van der Waals surface area contributed by atoms with Gasteiger partial charge in [0.2, 0.25) is 0 Å². The topological polar surface area (TPSA) is 61.4 Å². The van der Waals surface area contributed by atoms with Gasteiger partial charge in [0.1, 0.15) is 5.75 Å². The third kappa shape index (κ3) is 2.10. The molecule has 1 heterocycles. The Kier molecular flexibility index (Phi) is 2.60. The molecular formula is C11H14N2O2. The van der Waals surface area contributed by atoms with Crippen molar-refractivity contribution in [1.29, 1.82) is 0 Å². The minimum Gasteiger partial charge on any atom is -0.507 e. The van der Waals surface area contributed by atoms with Crippen LogP contribution in [0.25, 0.3) is 0 Å². The van der Waals surface area contributed by atoms with Crippen molar-refractivity contribution in [2.24, 2.45) is 0 Å². The van der Waals surface area contributed by atoms with Crippen LogP contribution in [0, 0.1) is 6.92 Å². The van der Waals surface area contributed by atoms with E-state index in [1.54, 1.807) is 18.2 Å². The lowest BCUT2D eigenvalue weighted by molar-refractivity contribution is 0.0921. The normalized spacial score (nSPS) is 15.8. The first-order chi connectivity index (χ1) is 7.16. The molecule has 0 bridgehead atoms. The Bertz CT molecular complexity index is 386. The highest BCUT2D eigenvalue weighted by Crippen LogP contribution is 2.18. The summed E-state index contributed by atoms with van der Waals surface area (Å²) in [5, 5.41) is 15.4. The molecular weight excluding hydrogens is 192 g/mol. The zero-order chi connectivity index (χ0) is 10.8. The van der Waals surface area contributed by atoms with Gasteiger partial charge >= 0.3 is 0 Å². The van der Waals surface area contributed by atoms with Gasteiger partial charge in [0.05, 0.1) is 11.6 Å². The molecule has 0 aromatic heterocycles. The van der Waals surface area contributed by atoms with E-state index in [0.29, 0.717) is 5.56 Å². The lowest BCUT2D eigenvalue weighted by atomic mass is 10.1. The third-order valence-corrected chi connectivity index (χ3v) is 2.51. The fraction of sp³-hybridized carbons (Fsp3) is 0.364. The molecule has 15 heavy (non-hydrogen) atoms. The average molecular weight is 206 g/mol. The van der Waals surface area contributed by atoms with Gasteiger partial charge in [-0.05, 0) is 19.1 Å². The van der Waals surface area contributed by atoms with Crippen molar-refractivity contribution in [2.45, 2.75) is 13.0 Å². The SMILES string of the molecule is Cc1ccc(O)c(C(=O)NC2CNC2)c1. The van der Waals surface area contributed by atoms with Crippen molar-refractivity contribution >= 4 is 5.91 Å². The molecule has 0 atom stereocenters. The smallest absolute Gasteiger partial charge is 0.255 e. The number of carbonyl (C=O) groups excluding carboxylic acids is 1. The molecule has 1 aromatic rings. The number of rotatable bonds is 2. The largest absolute Gasteiger partial charge is 0.507 e. The molecule has 4 nitrogen and oxygen atoms in total. The van der Waals surface area contributed by atoms with E-state index in [2.05, 4.69) is 10.6 Å². The molecule has 1 aliphatic heterocycles. The summed E-state index contributed by atoms with van der Waals surface area (Å²) in [6, 6.07) is 5.20. The minimum atomic E-state index is -0.206. The highest BCUT2D eigenvalue weighted by molar-refractivity contribution is 5.97. The number of hydrogen-bond donors (Lipinski definition) is 3. The monoisotopic (exact) mass is 206 g/mol. The molecule has 1 aromatic carbocycles. The Morgan fingerprint density at radius 2 is 2.27 bits per heavy atom. The second-order valence-electron chi connectivity index (χ2n) is 3.85. The molecule has 0 saturated carbocycles. The lowest BCUT2D eigenvalue weighted by Crippen LogP contribution is -2.56. The maximum Gasteiger partial charge on any atom is 0.255 e. The van der Waals surface area contributed by atoms with Crippen molar-refractivity contribution < 1.29 is 9.90 Å². The van der Waals surface area contributed by atoms with Gasteiger partial charge in [0.25, 0.3) is 5.91 Å². The van der Waals surface area contributed by atoms with E-state index in [-0.39, 0.29) is 17.7 Å². The first-order valence-corrected chi connectivity index (χ1v) is 4.98. The summed E-state index contributed by atoms with van der Waals surface area (Å²) in [5.41, 5.74) is 1.31. The van der Waals surface area contributed by atoms with E-state index in [1.165, 1.54) is 0 Å². The number of phenols is 1. The van der Waals surface area contributed by atoms with Crippen LogP contribution in [0.1, 0.15) is 15.9 Å². The minimum absolute atomic E-state index is 0.0328. The van der Waals surface area contributed by atoms with Gasteiger partial charge in [-0.2, -0.15) is 0 Å². The van der Waals surface area contributed by atoms with Crippen LogP contribution in [0.3, 0.4) is 0 Å². The van der Waals surface area contributed by atoms with Crippen molar-refractivity contribution in [1.82, 2.24) is 10.6 Å². The number of aryl methyl sites for hydroxylation is 1. The lowest BCUT2D eigenvalue weighted by Gasteiger charge is -2.28. The van der Waals surface area contributed by atoms with Crippen LogP contribution >= 0.6 is 0 Å². The molecule has 2 rings (SSSR count). The Hall–Kier alpha value is -1.55. The summed E-state index contributed by atoms with van der Waals surface area (Å²) < 4.78 is 0. The van der Waals surface area contributed by atoms with Gasteiger partial charge in [0, 0.05) is 13.1 Å². The fourth-order valence-electron chi connectivity index (χ4n) is 1.49. The van der Waals surface area contributed by atoms with Gasteiger partial charge in [-0.15, -0.1) is 0 Å². The summed E-state index contributed by atoms with van der Waals surface area (Å²) in [6.07, 6.45) is 0. The predicted molar refractivity (Wildman–Crippen MR) is 57.0 cm³/mol. The summed E-state index contributed by atoms with van der Waals surface area (Å²) in [4.78, 5) is 11.7. The van der Waals surface area contributed by atoms with Gasteiger partial charge in [-0.25, -0.2) is 0 Å². The quantitative estimate of drug-likeness (QED) is 0.656. The van der Waals surface area contributed by atoms with E-state index in [4.69, 9.17) is 0 Å². The van der Waals surface area contributed by atoms with Crippen LogP contribution in [0.5, 0.6) is 5.75 Å². The third-order valence-electron chi connectivity index (χ3n) is 2.51. The van der Waals surface area contributed by atoms with Gasteiger partial charge in [-0.3, -0.25) is 4.79 Å². The van der Waals surface area contributed by atoms with Crippen LogP contribution < -0.4 is 10.6 Å². The highest BCUT2D eigenvalue weighted by atomic mass is 16.3. The maximum absolute atomic E-state index is 11.7. The Morgan fingerprint density at radius 1 is 1.53 bits per heavy atom. The molecule has 1 saturated heterocycles. The number of hydrogen-bond acceptors (Lipinski definition) is 3. The summed E-state index contributed by atoms with van der Waals surface area (Å²) in [6.45, 7) is 3.50. The van der Waals surface area contributed by atoms with Crippen molar-refractivity contribution in [3.05, 3.63) is 29.3 Å². The number of aromatic hydroxyl groups is 1. The van der Waals surface area contributed by atoms with Gasteiger partial charge in [-0.1, -0.05) is 11.6 Å². The first-order valence-electron chi connectivity index (χ1n) is 4.98. The van der Waals surface area contributed by atoms with Crippen LogP contribution in [0.2, 0.25) is 0 Å². The van der Waals surface area contributed by atoms with Gasteiger partial charge < -0.3 is 15.7 Å². The second kappa shape index (κ2) is 3.90. The van der Waals surface area contributed by atoms with Gasteiger partial charge in [0.15, 0.2) is 0 Å². The van der Waals surface area contributed by atoms with Crippen LogP contribution in [-0.4, -0.2) is 30.1 Å². The van der Waals surface area contributed by atoms with Crippen LogP contribution in [0.4, 0.5) is 0 Å². The zero-order valence-electron chi connectivity index (χ0n) is 8.58. The van der Waals surface area contributed by atoms with E-state index in [1.807, 2.05) is 6.92 Å². The summed E-state index contributed by atoms with van der Waals surface area (Å²) >= 11 is 0. The number of phenolic OH excluding ortho intramolecular Hbond substituents is 1. The number of amides is 1. The molecule has 4 heteroatoms. The maximum atomic E-state index is 11.7. The van der Waals surface area contributed by atoms with Crippen LogP contribution in [-0.2, 0) is 0 Å². The predicted octanol–water partition coefficient (Wildman–Crippen LogP) is 0.402. The average Bonchev–Trinajstić information content (AvgIpc) is 2.15. The van der Waals surface area contributed by atoms with Crippen molar-refractivity contribution in [3.63, 3.8) is 0 Å². The highest BCUT2D eigenvalue weighted by Gasteiger charge is 2.20. The zero-order valence-corrected chi connectivity index (χ0v) is 8.58. The van der Waals surface area contributed by atoms with E-state index in [0.717, 1.165) is 18.7 Å². The fourth-order valence-corrected chi connectivity index (χ4v) is 1.49. The molecule has 0 aliphatic carbocycles. The molecule has 80 valence electrons. The molecule has 3 N–H and O–H groups in total. The molecule has 1 amide bonds. The van der Waals surface area contributed by atoms with Crippen molar-refractivity contribution in [2.75, 3.05) is 13.1 Å².